The third-order valence-corrected chi connectivity index (χ3v) is 3.65. The minimum atomic E-state index is -1.43. The van der Waals surface area contributed by atoms with Crippen LogP contribution in [0.1, 0.15) is 10.4 Å². The van der Waals surface area contributed by atoms with Gasteiger partial charge in [-0.3, -0.25) is 4.79 Å². The number of phenols is 1. The van der Waals surface area contributed by atoms with Gasteiger partial charge in [0.1, 0.15) is 5.75 Å². The molecule has 1 atom stereocenters. The van der Waals surface area contributed by atoms with Crippen LogP contribution in [0, 0.1) is 7.14 Å². The summed E-state index contributed by atoms with van der Waals surface area (Å²) in [7, 11) is 1.14. The number of benzene rings is 1. The number of ether oxygens (including phenoxy) is 1. The van der Waals surface area contributed by atoms with Crippen LogP contribution in [-0.4, -0.2) is 41.8 Å². The predicted molar refractivity (Wildman–Crippen MR) is 83.9 cm³/mol. The van der Waals surface area contributed by atoms with E-state index >= 15 is 0 Å². The molecule has 0 aliphatic heterocycles. The molecule has 0 fully saturated rings. The largest absolute Gasteiger partial charge is 0.506 e. The molecule has 1 amide bonds. The number of halogens is 2. The van der Waals surface area contributed by atoms with Crippen LogP contribution in [0.4, 0.5) is 0 Å². The Morgan fingerprint density at radius 3 is 2.63 bits per heavy atom. The van der Waals surface area contributed by atoms with Gasteiger partial charge < -0.3 is 20.3 Å². The maximum Gasteiger partial charge on any atom is 0.336 e. The minimum Gasteiger partial charge on any atom is -0.506 e. The fraction of sp³-hybridized carbons (Fsp3) is 0.273. The van der Waals surface area contributed by atoms with E-state index in [2.05, 4.69) is 10.1 Å². The first kappa shape index (κ1) is 16.4. The number of carbonyl (C=O) groups excluding carboxylic acids is 2. The Hall–Kier alpha value is -0.620. The molecule has 0 aromatic heterocycles. The summed E-state index contributed by atoms with van der Waals surface area (Å²) in [6, 6.07) is 3.23. The highest BCUT2D eigenvalue weighted by atomic mass is 127. The van der Waals surface area contributed by atoms with E-state index in [0.717, 1.165) is 10.7 Å². The quantitative estimate of drug-likeness (QED) is 0.430. The van der Waals surface area contributed by atoms with Crippen molar-refractivity contribution in [2.24, 2.45) is 0 Å². The molecule has 3 N–H and O–H groups in total. The average molecular weight is 491 g/mol. The number of phenolic OH excluding ortho intramolecular Hbond substituents is 1. The molecule has 0 heterocycles. The van der Waals surface area contributed by atoms with Gasteiger partial charge in [0.05, 0.1) is 22.8 Å². The first-order valence-corrected chi connectivity index (χ1v) is 7.24. The predicted octanol–water partition coefficient (Wildman–Crippen LogP) is 0.865. The van der Waals surface area contributed by atoms with Crippen LogP contribution < -0.4 is 5.32 Å². The molecule has 1 aromatic rings. The van der Waals surface area contributed by atoms with E-state index in [-0.39, 0.29) is 17.9 Å². The third kappa shape index (κ3) is 4.45. The van der Waals surface area contributed by atoms with Gasteiger partial charge >= 0.3 is 5.97 Å². The lowest BCUT2D eigenvalue weighted by Crippen LogP contribution is -2.37. The van der Waals surface area contributed by atoms with Crippen molar-refractivity contribution in [3.05, 3.63) is 24.8 Å². The van der Waals surface area contributed by atoms with E-state index in [1.165, 1.54) is 6.07 Å². The van der Waals surface area contributed by atoms with Crippen LogP contribution in [0.2, 0.25) is 0 Å². The number of aliphatic hydroxyl groups is 1. The van der Waals surface area contributed by atoms with Crippen LogP contribution in [0.15, 0.2) is 12.1 Å². The van der Waals surface area contributed by atoms with Crippen molar-refractivity contribution in [2.45, 2.75) is 6.10 Å². The van der Waals surface area contributed by atoms with Gasteiger partial charge in [-0.25, -0.2) is 4.79 Å². The van der Waals surface area contributed by atoms with Crippen LogP contribution >= 0.6 is 45.2 Å². The maximum absolute atomic E-state index is 11.8. The Labute approximate surface area is 136 Å². The van der Waals surface area contributed by atoms with E-state index in [1.54, 1.807) is 6.07 Å². The fourth-order valence-corrected chi connectivity index (χ4v) is 3.09. The van der Waals surface area contributed by atoms with Gasteiger partial charge in [0.15, 0.2) is 6.10 Å². The van der Waals surface area contributed by atoms with Crippen molar-refractivity contribution in [3.8, 4) is 5.75 Å². The summed E-state index contributed by atoms with van der Waals surface area (Å²) in [5.74, 6) is -1.54. The number of esters is 1. The molecule has 1 unspecified atom stereocenters. The summed E-state index contributed by atoms with van der Waals surface area (Å²) in [6.45, 7) is -0.285. The Kier molecular flexibility index (Phi) is 6.26. The highest BCUT2D eigenvalue weighted by molar-refractivity contribution is 14.1. The number of amides is 1. The molecule has 104 valence electrons. The highest BCUT2D eigenvalue weighted by Crippen LogP contribution is 2.26. The molecule has 0 bridgehead atoms. The number of methoxy groups -OCH3 is 1. The summed E-state index contributed by atoms with van der Waals surface area (Å²) in [5.41, 5.74) is 0.0911. The molecule has 6 nitrogen and oxygen atoms in total. The number of carbonyl (C=O) groups is 2. The van der Waals surface area contributed by atoms with E-state index in [4.69, 9.17) is 0 Å². The zero-order valence-electron chi connectivity index (χ0n) is 9.81. The van der Waals surface area contributed by atoms with Crippen molar-refractivity contribution in [1.82, 2.24) is 5.32 Å². The van der Waals surface area contributed by atoms with Gasteiger partial charge in [0.25, 0.3) is 5.91 Å². The van der Waals surface area contributed by atoms with Gasteiger partial charge in [-0.1, -0.05) is 0 Å². The van der Waals surface area contributed by atoms with Gasteiger partial charge in [-0.15, -0.1) is 0 Å². The molecule has 0 saturated heterocycles. The number of aromatic hydroxyl groups is 1. The van der Waals surface area contributed by atoms with E-state index in [0.29, 0.717) is 3.57 Å². The topological polar surface area (TPSA) is 95.9 Å². The number of hydrogen-bond acceptors (Lipinski definition) is 5. The fourth-order valence-electron chi connectivity index (χ4n) is 1.24. The summed E-state index contributed by atoms with van der Waals surface area (Å²) in [4.78, 5) is 22.8. The molecule has 0 radical (unpaired) electrons. The number of aliphatic hydroxyl groups excluding tert-OH is 1. The maximum atomic E-state index is 11.8. The number of hydrogen-bond donors (Lipinski definition) is 3. The summed E-state index contributed by atoms with van der Waals surface area (Å²) in [6.07, 6.45) is -1.43. The number of nitrogens with one attached hydrogen (secondary N) is 1. The van der Waals surface area contributed by atoms with Crippen molar-refractivity contribution in [2.75, 3.05) is 13.7 Å². The second-order valence-corrected chi connectivity index (χ2v) is 5.94. The normalized spacial score (nSPS) is 11.8. The second kappa shape index (κ2) is 7.24. The van der Waals surface area contributed by atoms with Crippen molar-refractivity contribution >= 4 is 57.1 Å². The van der Waals surface area contributed by atoms with Crippen LogP contribution in [0.5, 0.6) is 5.75 Å². The van der Waals surface area contributed by atoms with E-state index in [1.807, 2.05) is 45.2 Å². The van der Waals surface area contributed by atoms with E-state index < -0.39 is 18.0 Å². The Morgan fingerprint density at radius 2 is 2.05 bits per heavy atom. The number of rotatable bonds is 4. The Bertz CT molecular complexity index is 506. The lowest BCUT2D eigenvalue weighted by molar-refractivity contribution is -0.149. The molecular weight excluding hydrogens is 480 g/mol. The second-order valence-electron chi connectivity index (χ2n) is 3.53. The van der Waals surface area contributed by atoms with Gasteiger partial charge in [-0.2, -0.15) is 0 Å². The standard InChI is InChI=1S/C11H11I2NO5/c1-19-11(18)8(15)4-14-10(17)6-2-5(12)3-7(13)9(6)16/h2-3,8,15-16H,4H2,1H3,(H,14,17). The van der Waals surface area contributed by atoms with Crippen molar-refractivity contribution in [1.29, 1.82) is 0 Å². The van der Waals surface area contributed by atoms with Crippen LogP contribution in [0.25, 0.3) is 0 Å². The molecule has 0 saturated carbocycles. The Morgan fingerprint density at radius 1 is 1.42 bits per heavy atom. The molecule has 19 heavy (non-hydrogen) atoms. The summed E-state index contributed by atoms with van der Waals surface area (Å²) < 4.78 is 5.65. The van der Waals surface area contributed by atoms with Crippen LogP contribution in [0.3, 0.4) is 0 Å². The van der Waals surface area contributed by atoms with Gasteiger partial charge in [-0.05, 0) is 57.3 Å². The summed E-state index contributed by atoms with van der Waals surface area (Å²) >= 11 is 3.93. The van der Waals surface area contributed by atoms with Crippen LogP contribution in [-0.2, 0) is 9.53 Å². The first-order chi connectivity index (χ1) is 8.86. The minimum absolute atomic E-state index is 0.0911. The lowest BCUT2D eigenvalue weighted by Gasteiger charge is -2.11. The lowest BCUT2D eigenvalue weighted by atomic mass is 10.2. The average Bonchev–Trinajstić information content (AvgIpc) is 2.38. The van der Waals surface area contributed by atoms with E-state index in [9.17, 15) is 19.8 Å². The highest BCUT2D eigenvalue weighted by Gasteiger charge is 2.19. The molecule has 0 aliphatic rings. The molecule has 1 aromatic carbocycles. The zero-order valence-corrected chi connectivity index (χ0v) is 14.1. The molecular formula is C11H11I2NO5. The SMILES string of the molecule is COC(=O)C(O)CNC(=O)c1cc(I)cc(I)c1O. The molecule has 0 spiro atoms. The summed E-state index contributed by atoms with van der Waals surface area (Å²) in [5, 5.41) is 21.5. The first-order valence-electron chi connectivity index (χ1n) is 5.09. The van der Waals surface area contributed by atoms with Crippen molar-refractivity contribution in [3.63, 3.8) is 0 Å². The third-order valence-electron chi connectivity index (χ3n) is 2.20. The Balaban J connectivity index is 2.77. The molecule has 1 rings (SSSR count). The molecule has 8 heteroatoms. The zero-order chi connectivity index (χ0) is 14.6. The molecule has 0 aliphatic carbocycles. The smallest absolute Gasteiger partial charge is 0.336 e. The van der Waals surface area contributed by atoms with Gasteiger partial charge in [0.2, 0.25) is 0 Å². The monoisotopic (exact) mass is 491 g/mol. The van der Waals surface area contributed by atoms with Crippen molar-refractivity contribution < 1.29 is 24.5 Å². The van der Waals surface area contributed by atoms with Gasteiger partial charge in [0, 0.05) is 3.57 Å².